The highest BCUT2D eigenvalue weighted by atomic mass is 19.4. The number of hydrogen-bond donors (Lipinski definition) is 2. The average molecular weight is 410 g/mol. The molecule has 0 saturated heterocycles. The summed E-state index contributed by atoms with van der Waals surface area (Å²) >= 11 is 0. The number of nitrogens with one attached hydrogen (secondary N) is 1. The molecular weight excluding hydrogens is 393 g/mol. The Morgan fingerprint density at radius 1 is 0.967 bits per heavy atom. The predicted molar refractivity (Wildman–Crippen MR) is 108 cm³/mol. The van der Waals surface area contributed by atoms with Crippen LogP contribution in [-0.4, -0.2) is 25.8 Å². The van der Waals surface area contributed by atoms with E-state index in [1.165, 1.54) is 16.8 Å². The number of nitrogens with zero attached hydrogens (tertiary/aromatic N) is 4. The molecular formula is C21H17F3N6. The van der Waals surface area contributed by atoms with Crippen LogP contribution in [-0.2, 0) is 6.18 Å². The standard InChI is InChI=1S/C21H17F3N6/c22-21(23,24)13-6-10-15(11-7-13)30-18(25)16-17(12-4-2-1-3-5-12)27-20(26-14-8-9-14)28-19(16)29-30/h1-7,10-11,14H,8-9,25H2,(H,26,28,29). The third-order valence-electron chi connectivity index (χ3n) is 4.97. The fraction of sp³-hybridized carbons (Fsp3) is 0.190. The first kappa shape index (κ1) is 18.4. The van der Waals surface area contributed by atoms with Crippen LogP contribution in [0.5, 0.6) is 0 Å². The van der Waals surface area contributed by atoms with Crippen LogP contribution in [0.15, 0.2) is 54.6 Å². The maximum absolute atomic E-state index is 12.9. The Hall–Kier alpha value is -3.62. The van der Waals surface area contributed by atoms with Gasteiger partial charge in [0.15, 0.2) is 5.65 Å². The number of nitrogen functional groups attached to an aromatic ring is 1. The summed E-state index contributed by atoms with van der Waals surface area (Å²) in [5.74, 6) is 0.725. The number of aromatic nitrogens is 4. The van der Waals surface area contributed by atoms with E-state index in [4.69, 9.17) is 5.73 Å². The normalized spacial score (nSPS) is 14.2. The fourth-order valence-corrected chi connectivity index (χ4v) is 3.28. The third-order valence-corrected chi connectivity index (χ3v) is 4.97. The van der Waals surface area contributed by atoms with Crippen molar-refractivity contribution < 1.29 is 13.2 Å². The lowest BCUT2D eigenvalue weighted by Gasteiger charge is -2.09. The smallest absolute Gasteiger partial charge is 0.383 e. The van der Waals surface area contributed by atoms with E-state index >= 15 is 0 Å². The molecule has 0 aliphatic heterocycles. The molecule has 152 valence electrons. The molecule has 0 amide bonds. The molecule has 0 atom stereocenters. The van der Waals surface area contributed by atoms with Gasteiger partial charge in [-0.1, -0.05) is 30.3 Å². The van der Waals surface area contributed by atoms with Gasteiger partial charge in [-0.2, -0.15) is 18.2 Å². The zero-order valence-corrected chi connectivity index (χ0v) is 15.7. The zero-order valence-electron chi connectivity index (χ0n) is 15.7. The van der Waals surface area contributed by atoms with Crippen molar-refractivity contribution in [3.05, 3.63) is 60.2 Å². The minimum Gasteiger partial charge on any atom is -0.383 e. The second-order valence-electron chi connectivity index (χ2n) is 7.22. The van der Waals surface area contributed by atoms with Gasteiger partial charge in [-0.05, 0) is 37.1 Å². The Morgan fingerprint density at radius 3 is 2.30 bits per heavy atom. The van der Waals surface area contributed by atoms with Crippen LogP contribution in [0.25, 0.3) is 28.0 Å². The van der Waals surface area contributed by atoms with Gasteiger partial charge in [0, 0.05) is 11.6 Å². The van der Waals surface area contributed by atoms with Gasteiger partial charge in [0.1, 0.15) is 5.82 Å². The average Bonchev–Trinajstić information content (AvgIpc) is 3.49. The molecule has 0 radical (unpaired) electrons. The summed E-state index contributed by atoms with van der Waals surface area (Å²) in [5.41, 5.74) is 7.90. The molecule has 2 heterocycles. The highest BCUT2D eigenvalue weighted by Crippen LogP contribution is 2.35. The van der Waals surface area contributed by atoms with Gasteiger partial charge in [0.25, 0.3) is 0 Å². The lowest BCUT2D eigenvalue weighted by Crippen LogP contribution is -2.06. The number of hydrogen-bond acceptors (Lipinski definition) is 5. The molecule has 1 saturated carbocycles. The van der Waals surface area contributed by atoms with Crippen molar-refractivity contribution in [2.45, 2.75) is 25.1 Å². The second kappa shape index (κ2) is 6.72. The van der Waals surface area contributed by atoms with Crippen LogP contribution in [0.3, 0.4) is 0 Å². The molecule has 0 spiro atoms. The molecule has 0 unspecified atom stereocenters. The topological polar surface area (TPSA) is 81.7 Å². The molecule has 5 rings (SSSR count). The lowest BCUT2D eigenvalue weighted by molar-refractivity contribution is -0.137. The van der Waals surface area contributed by atoms with Gasteiger partial charge in [-0.3, -0.25) is 0 Å². The first-order valence-electron chi connectivity index (χ1n) is 9.46. The number of anilines is 2. The lowest BCUT2D eigenvalue weighted by atomic mass is 10.1. The summed E-state index contributed by atoms with van der Waals surface area (Å²) in [4.78, 5) is 9.15. The number of halogens is 3. The van der Waals surface area contributed by atoms with Crippen LogP contribution in [0.2, 0.25) is 0 Å². The van der Waals surface area contributed by atoms with Crippen LogP contribution < -0.4 is 11.1 Å². The first-order chi connectivity index (χ1) is 14.4. The largest absolute Gasteiger partial charge is 0.416 e. The van der Waals surface area contributed by atoms with E-state index in [1.807, 2.05) is 30.3 Å². The van der Waals surface area contributed by atoms with Gasteiger partial charge < -0.3 is 11.1 Å². The summed E-state index contributed by atoms with van der Waals surface area (Å²) < 4.78 is 40.1. The van der Waals surface area contributed by atoms with Crippen LogP contribution in [0.4, 0.5) is 24.9 Å². The summed E-state index contributed by atoms with van der Waals surface area (Å²) in [6.07, 6.45) is -2.29. The number of alkyl halides is 3. The monoisotopic (exact) mass is 410 g/mol. The Bertz CT molecular complexity index is 1210. The van der Waals surface area contributed by atoms with Crippen LogP contribution in [0.1, 0.15) is 18.4 Å². The van der Waals surface area contributed by atoms with Crippen LogP contribution >= 0.6 is 0 Å². The molecule has 30 heavy (non-hydrogen) atoms. The number of benzene rings is 2. The molecule has 1 aliphatic carbocycles. The first-order valence-corrected chi connectivity index (χ1v) is 9.46. The van der Waals surface area contributed by atoms with E-state index in [1.54, 1.807) is 0 Å². The van der Waals surface area contributed by atoms with Gasteiger partial charge in [0.2, 0.25) is 5.95 Å². The quantitative estimate of drug-likeness (QED) is 0.512. The molecule has 4 aromatic rings. The molecule has 6 nitrogen and oxygen atoms in total. The Morgan fingerprint density at radius 2 is 1.67 bits per heavy atom. The maximum Gasteiger partial charge on any atom is 0.416 e. The maximum atomic E-state index is 12.9. The van der Waals surface area contributed by atoms with E-state index in [9.17, 15) is 13.2 Å². The highest BCUT2D eigenvalue weighted by Gasteiger charge is 2.30. The van der Waals surface area contributed by atoms with Crippen molar-refractivity contribution >= 4 is 22.8 Å². The Balaban J connectivity index is 1.67. The molecule has 3 N–H and O–H groups in total. The number of rotatable bonds is 4. The summed E-state index contributed by atoms with van der Waals surface area (Å²) in [6.45, 7) is 0. The molecule has 9 heteroatoms. The van der Waals surface area contributed by atoms with E-state index in [2.05, 4.69) is 20.4 Å². The number of nitrogens with two attached hydrogens (primary N) is 1. The van der Waals surface area contributed by atoms with Crippen molar-refractivity contribution in [1.29, 1.82) is 0 Å². The van der Waals surface area contributed by atoms with Gasteiger partial charge in [0.05, 0.1) is 22.3 Å². The molecule has 1 aliphatic rings. The Labute approximate surface area is 169 Å². The van der Waals surface area contributed by atoms with Gasteiger partial charge >= 0.3 is 6.18 Å². The predicted octanol–water partition coefficient (Wildman–Crippen LogP) is 4.66. The molecule has 1 fully saturated rings. The van der Waals surface area contributed by atoms with Crippen molar-refractivity contribution in [2.24, 2.45) is 0 Å². The third kappa shape index (κ3) is 3.32. The minimum atomic E-state index is -4.41. The summed E-state index contributed by atoms with van der Waals surface area (Å²) in [7, 11) is 0. The highest BCUT2D eigenvalue weighted by molar-refractivity contribution is 5.99. The minimum absolute atomic E-state index is 0.265. The second-order valence-corrected chi connectivity index (χ2v) is 7.22. The summed E-state index contributed by atoms with van der Waals surface area (Å²) in [5, 5.41) is 8.30. The SMILES string of the molecule is Nc1c2c(-c3ccccc3)nc(NC3CC3)nc2nn1-c1ccc(C(F)(F)F)cc1. The molecule has 2 aromatic carbocycles. The molecule has 0 bridgehead atoms. The fourth-order valence-electron chi connectivity index (χ4n) is 3.28. The van der Waals surface area contributed by atoms with Crippen molar-refractivity contribution in [3.8, 4) is 16.9 Å². The van der Waals surface area contributed by atoms with Crippen molar-refractivity contribution in [3.63, 3.8) is 0 Å². The van der Waals surface area contributed by atoms with E-state index in [0.29, 0.717) is 34.4 Å². The summed E-state index contributed by atoms with van der Waals surface area (Å²) in [6, 6.07) is 14.6. The number of fused-ring (bicyclic) bond motifs is 1. The van der Waals surface area contributed by atoms with Crippen molar-refractivity contribution in [1.82, 2.24) is 19.7 Å². The van der Waals surface area contributed by atoms with Crippen LogP contribution in [0, 0.1) is 0 Å². The molecule has 2 aromatic heterocycles. The van der Waals surface area contributed by atoms with E-state index in [0.717, 1.165) is 30.5 Å². The Kier molecular flexibility index (Phi) is 4.12. The van der Waals surface area contributed by atoms with E-state index < -0.39 is 11.7 Å². The van der Waals surface area contributed by atoms with Crippen molar-refractivity contribution in [2.75, 3.05) is 11.1 Å². The van der Waals surface area contributed by atoms with Gasteiger partial charge in [-0.25, -0.2) is 9.67 Å². The van der Waals surface area contributed by atoms with E-state index in [-0.39, 0.29) is 5.82 Å². The zero-order chi connectivity index (χ0) is 20.9. The van der Waals surface area contributed by atoms with Gasteiger partial charge in [-0.15, -0.1) is 5.10 Å².